The van der Waals surface area contributed by atoms with E-state index in [1.807, 2.05) is 36.4 Å². The lowest BCUT2D eigenvalue weighted by Crippen LogP contribution is -2.15. The van der Waals surface area contributed by atoms with E-state index in [9.17, 15) is 9.59 Å². The molecule has 1 aromatic heterocycles. The number of nitrogens with two attached hydrogens (primary N) is 2. The number of carbonyl (C=O) groups excluding carboxylic acids is 2. The van der Waals surface area contributed by atoms with Crippen LogP contribution in [0.25, 0.3) is 22.1 Å². The molecular formula is C26H24N2O5. The average Bonchev–Trinajstić information content (AvgIpc) is 3.25. The molecule has 1 amide bonds. The van der Waals surface area contributed by atoms with Crippen molar-refractivity contribution in [2.24, 2.45) is 11.5 Å². The maximum absolute atomic E-state index is 12.0. The van der Waals surface area contributed by atoms with Gasteiger partial charge in [-0.25, -0.2) is 0 Å². The molecule has 4 N–H and O–H groups in total. The van der Waals surface area contributed by atoms with Gasteiger partial charge in [0.2, 0.25) is 0 Å². The molecule has 0 saturated carbocycles. The van der Waals surface area contributed by atoms with E-state index in [0.717, 1.165) is 27.6 Å². The van der Waals surface area contributed by atoms with E-state index in [-0.39, 0.29) is 24.3 Å². The van der Waals surface area contributed by atoms with Crippen LogP contribution in [-0.4, -0.2) is 19.0 Å². The van der Waals surface area contributed by atoms with Crippen LogP contribution in [0.2, 0.25) is 0 Å². The van der Waals surface area contributed by atoms with Crippen molar-refractivity contribution in [2.75, 3.05) is 7.11 Å². The minimum Gasteiger partial charge on any atom is -0.488 e. The van der Waals surface area contributed by atoms with Gasteiger partial charge in [-0.05, 0) is 41.0 Å². The van der Waals surface area contributed by atoms with Crippen LogP contribution >= 0.6 is 0 Å². The number of esters is 1. The molecule has 0 bridgehead atoms. The van der Waals surface area contributed by atoms with Crippen LogP contribution in [0.4, 0.5) is 0 Å². The number of para-hydroxylation sites is 1. The third-order valence-corrected chi connectivity index (χ3v) is 5.45. The van der Waals surface area contributed by atoms with Gasteiger partial charge in [0.25, 0.3) is 5.91 Å². The van der Waals surface area contributed by atoms with Gasteiger partial charge in [-0.1, -0.05) is 36.4 Å². The molecular weight excluding hydrogens is 420 g/mol. The van der Waals surface area contributed by atoms with Crippen molar-refractivity contribution < 1.29 is 23.5 Å². The minimum absolute atomic E-state index is 0.0410. The summed E-state index contributed by atoms with van der Waals surface area (Å²) in [5.41, 5.74) is 16.7. The topological polar surface area (TPSA) is 118 Å². The van der Waals surface area contributed by atoms with E-state index >= 15 is 0 Å². The molecule has 0 aliphatic rings. The Hall–Kier alpha value is -4.10. The van der Waals surface area contributed by atoms with Crippen LogP contribution in [0, 0.1) is 0 Å². The lowest BCUT2D eigenvalue weighted by molar-refractivity contribution is -0.139. The molecule has 0 atom stereocenters. The number of benzene rings is 3. The summed E-state index contributed by atoms with van der Waals surface area (Å²) in [7, 11) is 1.30. The number of amides is 1. The van der Waals surface area contributed by atoms with Crippen molar-refractivity contribution in [1.82, 2.24) is 0 Å². The second kappa shape index (κ2) is 9.58. The first kappa shape index (κ1) is 22.1. The van der Waals surface area contributed by atoms with Gasteiger partial charge in [0.05, 0.1) is 25.4 Å². The number of carbonyl (C=O) groups is 2. The smallest absolute Gasteiger partial charge is 0.310 e. The molecule has 0 unspecified atom stereocenters. The number of rotatable bonds is 8. The number of hydrogen-bond donors (Lipinski definition) is 2. The van der Waals surface area contributed by atoms with E-state index in [0.29, 0.717) is 17.7 Å². The molecule has 4 aromatic rings. The van der Waals surface area contributed by atoms with Crippen LogP contribution in [-0.2, 0) is 29.1 Å². The first-order valence-corrected chi connectivity index (χ1v) is 10.4. The molecule has 0 aliphatic carbocycles. The van der Waals surface area contributed by atoms with Gasteiger partial charge in [-0.3, -0.25) is 9.59 Å². The fourth-order valence-corrected chi connectivity index (χ4v) is 3.72. The fourth-order valence-electron chi connectivity index (χ4n) is 3.72. The van der Waals surface area contributed by atoms with Gasteiger partial charge in [-0.15, -0.1) is 0 Å². The summed E-state index contributed by atoms with van der Waals surface area (Å²) in [6, 6.07) is 18.9. The Balaban J connectivity index is 1.66. The Morgan fingerprint density at radius 1 is 0.970 bits per heavy atom. The van der Waals surface area contributed by atoms with Crippen LogP contribution in [0.15, 0.2) is 71.3 Å². The van der Waals surface area contributed by atoms with Gasteiger partial charge in [0, 0.05) is 23.1 Å². The van der Waals surface area contributed by atoms with E-state index < -0.39 is 11.9 Å². The zero-order chi connectivity index (χ0) is 23.4. The van der Waals surface area contributed by atoms with Gasteiger partial charge in [0.1, 0.15) is 17.9 Å². The van der Waals surface area contributed by atoms with Gasteiger partial charge >= 0.3 is 5.97 Å². The summed E-state index contributed by atoms with van der Waals surface area (Å²) >= 11 is 0. The van der Waals surface area contributed by atoms with Gasteiger partial charge < -0.3 is 25.4 Å². The summed E-state index contributed by atoms with van der Waals surface area (Å²) in [5.74, 6) is -0.827. The number of fused-ring (bicyclic) bond motifs is 1. The van der Waals surface area contributed by atoms with Crippen molar-refractivity contribution in [3.63, 3.8) is 0 Å². The normalized spacial score (nSPS) is 10.8. The van der Waals surface area contributed by atoms with Crippen molar-refractivity contribution in [2.45, 2.75) is 19.6 Å². The summed E-state index contributed by atoms with van der Waals surface area (Å²) in [6.45, 7) is 0.589. The minimum atomic E-state index is -0.643. The van der Waals surface area contributed by atoms with Crippen LogP contribution in [0.5, 0.6) is 5.75 Å². The third kappa shape index (κ3) is 4.73. The lowest BCUT2D eigenvalue weighted by atomic mass is 10.0. The highest BCUT2D eigenvalue weighted by atomic mass is 16.5. The maximum Gasteiger partial charge on any atom is 0.310 e. The Morgan fingerprint density at radius 3 is 2.52 bits per heavy atom. The first-order valence-electron chi connectivity index (χ1n) is 10.4. The zero-order valence-corrected chi connectivity index (χ0v) is 18.2. The highest BCUT2D eigenvalue weighted by molar-refractivity contribution is 5.96. The average molecular weight is 444 g/mol. The summed E-state index contributed by atoms with van der Waals surface area (Å²) in [5, 5.41) is 0.886. The molecule has 0 fully saturated rings. The van der Waals surface area contributed by atoms with E-state index in [4.69, 9.17) is 25.4 Å². The SMILES string of the molecule is COC(=O)Cc1cccc(C(N)=O)c1OCc1coc2ccc(-c3cccc(CN)c3)cc12. The monoisotopic (exact) mass is 444 g/mol. The number of methoxy groups -OCH3 is 1. The van der Waals surface area contributed by atoms with Crippen molar-refractivity contribution in [3.05, 3.63) is 89.2 Å². The van der Waals surface area contributed by atoms with Crippen LogP contribution in [0.3, 0.4) is 0 Å². The van der Waals surface area contributed by atoms with Crippen LogP contribution < -0.4 is 16.2 Å². The summed E-state index contributed by atoms with van der Waals surface area (Å²) < 4.78 is 16.5. The lowest BCUT2D eigenvalue weighted by Gasteiger charge is -2.14. The summed E-state index contributed by atoms with van der Waals surface area (Å²) in [4.78, 5) is 23.8. The molecule has 1 heterocycles. The van der Waals surface area contributed by atoms with Crippen molar-refractivity contribution >= 4 is 22.8 Å². The molecule has 0 radical (unpaired) electrons. The van der Waals surface area contributed by atoms with Crippen molar-refractivity contribution in [1.29, 1.82) is 0 Å². The highest BCUT2D eigenvalue weighted by Gasteiger charge is 2.18. The molecule has 0 aliphatic heterocycles. The van der Waals surface area contributed by atoms with Gasteiger partial charge in [-0.2, -0.15) is 0 Å². The maximum atomic E-state index is 12.0. The predicted molar refractivity (Wildman–Crippen MR) is 125 cm³/mol. The third-order valence-electron chi connectivity index (χ3n) is 5.45. The molecule has 7 nitrogen and oxygen atoms in total. The first-order chi connectivity index (χ1) is 16.0. The molecule has 33 heavy (non-hydrogen) atoms. The molecule has 0 saturated heterocycles. The Morgan fingerprint density at radius 2 is 1.76 bits per heavy atom. The second-order valence-electron chi connectivity index (χ2n) is 7.58. The molecule has 3 aromatic carbocycles. The number of furan rings is 1. The Kier molecular flexibility index (Phi) is 6.42. The standard InChI is InChI=1S/C26H24N2O5/c1-31-24(29)12-19-6-3-7-21(26(28)30)25(19)33-15-20-14-32-23-9-8-18(11-22(20)23)17-5-2-4-16(10-17)13-27/h2-11,14H,12-13,15,27H2,1H3,(H2,28,30). The predicted octanol–water partition coefficient (Wildman–Crippen LogP) is 3.95. The van der Waals surface area contributed by atoms with E-state index in [1.54, 1.807) is 24.5 Å². The highest BCUT2D eigenvalue weighted by Crippen LogP contribution is 2.31. The number of ether oxygens (including phenoxy) is 2. The quantitative estimate of drug-likeness (QED) is 0.397. The molecule has 0 spiro atoms. The molecule has 168 valence electrons. The largest absolute Gasteiger partial charge is 0.488 e. The summed E-state index contributed by atoms with van der Waals surface area (Å²) in [6.07, 6.45) is 1.58. The molecule has 7 heteroatoms. The Bertz CT molecular complexity index is 1330. The van der Waals surface area contributed by atoms with Crippen molar-refractivity contribution in [3.8, 4) is 16.9 Å². The second-order valence-corrected chi connectivity index (χ2v) is 7.58. The van der Waals surface area contributed by atoms with Crippen LogP contribution in [0.1, 0.15) is 27.0 Å². The molecule has 4 rings (SSSR count). The number of hydrogen-bond acceptors (Lipinski definition) is 6. The van der Waals surface area contributed by atoms with E-state index in [2.05, 4.69) is 6.07 Å². The Labute approximate surface area is 190 Å². The zero-order valence-electron chi connectivity index (χ0n) is 18.2. The van der Waals surface area contributed by atoms with Gasteiger partial charge in [0.15, 0.2) is 0 Å². The number of primary amides is 1. The van der Waals surface area contributed by atoms with E-state index in [1.165, 1.54) is 7.11 Å². The fraction of sp³-hybridized carbons (Fsp3) is 0.154.